The first-order valence-electron chi connectivity index (χ1n) is 6.61. The van der Waals surface area contributed by atoms with Crippen molar-refractivity contribution in [1.82, 2.24) is 10.1 Å². The van der Waals surface area contributed by atoms with E-state index >= 15 is 0 Å². The first-order chi connectivity index (χ1) is 9.76. The van der Waals surface area contributed by atoms with Gasteiger partial charge < -0.3 is 4.52 Å². The monoisotopic (exact) mass is 290 g/mol. The maximum Gasteiger partial charge on any atom is 0.241 e. The number of benzene rings is 1. The van der Waals surface area contributed by atoms with Crippen LogP contribution in [0.25, 0.3) is 5.57 Å². The van der Waals surface area contributed by atoms with Crippen molar-refractivity contribution >= 4 is 17.2 Å². The molecule has 0 radical (unpaired) electrons. The van der Waals surface area contributed by atoms with Crippen LogP contribution in [0.15, 0.2) is 34.9 Å². The van der Waals surface area contributed by atoms with Gasteiger partial charge in [-0.1, -0.05) is 23.4 Å². The van der Waals surface area contributed by atoms with Crippen molar-refractivity contribution in [2.24, 2.45) is 11.8 Å². The van der Waals surface area contributed by atoms with Crippen molar-refractivity contribution < 1.29 is 8.91 Å². The van der Waals surface area contributed by atoms with E-state index in [-0.39, 0.29) is 11.7 Å². The van der Waals surface area contributed by atoms with Gasteiger partial charge in [-0.25, -0.2) is 4.39 Å². The summed E-state index contributed by atoms with van der Waals surface area (Å²) in [5, 5.41) is 3.99. The minimum atomic E-state index is -0.198. The van der Waals surface area contributed by atoms with Gasteiger partial charge in [-0.3, -0.25) is 0 Å². The van der Waals surface area contributed by atoms with E-state index in [2.05, 4.69) is 16.2 Å². The number of allylic oxidation sites excluding steroid dienone is 2. The third-order valence-corrected chi connectivity index (χ3v) is 4.42. The molecule has 2 aromatic rings. The molecule has 3 nitrogen and oxygen atoms in total. The summed E-state index contributed by atoms with van der Waals surface area (Å²) < 4.78 is 18.0. The molecule has 0 saturated heterocycles. The number of rotatable bonds is 3. The summed E-state index contributed by atoms with van der Waals surface area (Å²) in [4.78, 5) is 4.29. The molecule has 5 heteroatoms. The van der Waals surface area contributed by atoms with Gasteiger partial charge >= 0.3 is 0 Å². The van der Waals surface area contributed by atoms with E-state index in [0.717, 1.165) is 17.8 Å². The van der Waals surface area contributed by atoms with Gasteiger partial charge in [0.15, 0.2) is 5.82 Å². The van der Waals surface area contributed by atoms with Gasteiger partial charge in [-0.15, -0.1) is 11.6 Å². The Bertz CT molecular complexity index is 679. The zero-order chi connectivity index (χ0) is 13.7. The summed E-state index contributed by atoms with van der Waals surface area (Å²) in [6.45, 7) is 0. The maximum absolute atomic E-state index is 12.9. The predicted octanol–water partition coefficient (Wildman–Crippen LogP) is 3.76. The number of hydrogen-bond acceptors (Lipinski definition) is 3. The average molecular weight is 291 g/mol. The summed E-state index contributed by atoms with van der Waals surface area (Å²) >= 11 is 5.66. The lowest BCUT2D eigenvalue weighted by Gasteiger charge is -2.05. The van der Waals surface area contributed by atoms with Gasteiger partial charge in [0.05, 0.1) is 0 Å². The van der Waals surface area contributed by atoms with Crippen LogP contribution >= 0.6 is 11.6 Å². The van der Waals surface area contributed by atoms with Gasteiger partial charge in [-0.2, -0.15) is 4.98 Å². The fourth-order valence-corrected chi connectivity index (χ4v) is 3.25. The molecule has 0 aliphatic heterocycles. The largest absolute Gasteiger partial charge is 0.338 e. The van der Waals surface area contributed by atoms with Crippen LogP contribution in [0.2, 0.25) is 0 Å². The van der Waals surface area contributed by atoms with E-state index in [9.17, 15) is 4.39 Å². The molecule has 1 saturated carbocycles. The molecule has 0 N–H and O–H groups in total. The maximum atomic E-state index is 12.9. The predicted molar refractivity (Wildman–Crippen MR) is 72.6 cm³/mol. The number of hydrogen-bond donors (Lipinski definition) is 0. The number of fused-ring (bicyclic) bond motifs is 1. The van der Waals surface area contributed by atoms with Crippen LogP contribution < -0.4 is 0 Å². The highest BCUT2D eigenvalue weighted by atomic mass is 35.5. The Morgan fingerprint density at radius 3 is 2.70 bits per heavy atom. The van der Waals surface area contributed by atoms with Crippen molar-refractivity contribution in [1.29, 1.82) is 0 Å². The number of alkyl halides is 1. The zero-order valence-corrected chi connectivity index (χ0v) is 11.3. The lowest BCUT2D eigenvalue weighted by molar-refractivity contribution is 0.383. The van der Waals surface area contributed by atoms with Gasteiger partial charge in [0, 0.05) is 5.92 Å². The van der Waals surface area contributed by atoms with Gasteiger partial charge in [0.2, 0.25) is 5.89 Å². The van der Waals surface area contributed by atoms with Crippen LogP contribution in [0.3, 0.4) is 0 Å². The quantitative estimate of drug-likeness (QED) is 0.808. The molecule has 1 aromatic heterocycles. The van der Waals surface area contributed by atoms with E-state index in [1.807, 2.05) is 12.1 Å². The fourth-order valence-electron chi connectivity index (χ4n) is 3.14. The van der Waals surface area contributed by atoms with Crippen LogP contribution in [-0.2, 0) is 5.88 Å². The van der Waals surface area contributed by atoms with E-state index in [4.69, 9.17) is 16.1 Å². The SMILES string of the molecule is Fc1ccc(C2=CC3C(C2)C3c2noc(CCl)n2)cc1. The topological polar surface area (TPSA) is 38.9 Å². The molecular weight excluding hydrogens is 279 g/mol. The number of halogens is 2. The van der Waals surface area contributed by atoms with E-state index in [1.165, 1.54) is 17.7 Å². The lowest BCUT2D eigenvalue weighted by Crippen LogP contribution is -1.92. The molecule has 0 bridgehead atoms. The minimum Gasteiger partial charge on any atom is -0.338 e. The first-order valence-corrected chi connectivity index (χ1v) is 7.15. The third kappa shape index (κ3) is 1.86. The molecule has 3 unspecified atom stereocenters. The summed E-state index contributed by atoms with van der Waals surface area (Å²) in [5.41, 5.74) is 2.39. The Balaban J connectivity index is 1.53. The summed E-state index contributed by atoms with van der Waals surface area (Å²) in [5.74, 6) is 2.70. The molecule has 3 atom stereocenters. The first kappa shape index (κ1) is 12.1. The normalized spacial score (nSPS) is 27.3. The van der Waals surface area contributed by atoms with Crippen LogP contribution in [0.4, 0.5) is 4.39 Å². The molecule has 1 heterocycles. The second kappa shape index (κ2) is 4.42. The Morgan fingerprint density at radius 1 is 1.30 bits per heavy atom. The third-order valence-electron chi connectivity index (χ3n) is 4.19. The molecule has 4 rings (SSSR count). The van der Waals surface area contributed by atoms with Gasteiger partial charge in [0.25, 0.3) is 0 Å². The molecule has 2 aliphatic carbocycles. The second-order valence-electron chi connectivity index (χ2n) is 5.35. The summed E-state index contributed by atoms with van der Waals surface area (Å²) in [6, 6.07) is 6.68. The molecular formula is C15H12ClFN2O. The summed E-state index contributed by atoms with van der Waals surface area (Å²) in [6.07, 6.45) is 3.25. The Labute approximate surface area is 120 Å². The highest BCUT2D eigenvalue weighted by molar-refractivity contribution is 6.16. The standard InChI is InChI=1S/C15H12ClFN2O/c16-7-13-18-15(19-20-13)14-11-5-9(6-12(11)14)8-1-3-10(17)4-2-8/h1-5,11-12,14H,6-7H2. The molecule has 2 aliphatic rings. The van der Waals surface area contributed by atoms with Crippen LogP contribution in [-0.4, -0.2) is 10.1 Å². The molecule has 1 fully saturated rings. The van der Waals surface area contributed by atoms with Crippen LogP contribution in [0, 0.1) is 17.7 Å². The summed E-state index contributed by atoms with van der Waals surface area (Å²) in [7, 11) is 0. The molecule has 102 valence electrons. The molecule has 0 spiro atoms. The van der Waals surface area contributed by atoms with Crippen molar-refractivity contribution in [3.05, 3.63) is 53.4 Å². The van der Waals surface area contributed by atoms with Gasteiger partial charge in [-0.05, 0) is 41.5 Å². The Hall–Kier alpha value is -1.68. The highest BCUT2D eigenvalue weighted by Crippen LogP contribution is 2.62. The van der Waals surface area contributed by atoms with Crippen molar-refractivity contribution in [3.63, 3.8) is 0 Å². The van der Waals surface area contributed by atoms with Crippen molar-refractivity contribution in [3.8, 4) is 0 Å². The Kier molecular flexibility index (Phi) is 2.67. The zero-order valence-electron chi connectivity index (χ0n) is 10.6. The smallest absolute Gasteiger partial charge is 0.241 e. The second-order valence-corrected chi connectivity index (χ2v) is 5.62. The van der Waals surface area contributed by atoms with E-state index < -0.39 is 0 Å². The van der Waals surface area contributed by atoms with Crippen LogP contribution in [0.1, 0.15) is 29.6 Å². The Morgan fingerprint density at radius 2 is 2.10 bits per heavy atom. The van der Waals surface area contributed by atoms with E-state index in [0.29, 0.717) is 23.6 Å². The highest BCUT2D eigenvalue weighted by Gasteiger charge is 2.55. The van der Waals surface area contributed by atoms with E-state index in [1.54, 1.807) is 0 Å². The molecule has 1 aromatic carbocycles. The van der Waals surface area contributed by atoms with Crippen LogP contribution in [0.5, 0.6) is 0 Å². The van der Waals surface area contributed by atoms with Crippen molar-refractivity contribution in [2.75, 3.05) is 0 Å². The molecule has 0 amide bonds. The number of nitrogens with zero attached hydrogens (tertiary/aromatic N) is 2. The fraction of sp³-hybridized carbons (Fsp3) is 0.333. The lowest BCUT2D eigenvalue weighted by atomic mass is 10.0. The number of aromatic nitrogens is 2. The van der Waals surface area contributed by atoms with Crippen molar-refractivity contribution in [2.45, 2.75) is 18.2 Å². The average Bonchev–Trinajstić information content (AvgIpc) is 2.88. The molecule has 20 heavy (non-hydrogen) atoms. The minimum absolute atomic E-state index is 0.198. The van der Waals surface area contributed by atoms with Gasteiger partial charge in [0.1, 0.15) is 11.7 Å².